The normalized spacial score (nSPS) is 33.4. The molecule has 0 aliphatic carbocycles. The molecule has 2 rings (SSSR count). The molecule has 92 valence electrons. The second-order valence-electron chi connectivity index (χ2n) is 4.98. The fraction of sp³-hybridized carbons (Fsp3) is 0.818. The van der Waals surface area contributed by atoms with Crippen molar-refractivity contribution >= 4 is 9.84 Å². The van der Waals surface area contributed by atoms with Crippen molar-refractivity contribution in [2.24, 2.45) is 0 Å². The lowest BCUT2D eigenvalue weighted by Crippen LogP contribution is -2.57. The van der Waals surface area contributed by atoms with Gasteiger partial charge in [-0.25, -0.2) is 8.42 Å². The maximum atomic E-state index is 11.6. The largest absolute Gasteiger partial charge is 0.310 e. The summed E-state index contributed by atoms with van der Waals surface area (Å²) in [6.07, 6.45) is 2.17. The molecule has 4 nitrogen and oxygen atoms in total. The number of allylic oxidation sites excluding steroid dienone is 1. The Bertz CT molecular complexity index is 385. The van der Waals surface area contributed by atoms with Crippen molar-refractivity contribution < 1.29 is 8.42 Å². The predicted molar refractivity (Wildman–Crippen MR) is 65.2 cm³/mol. The summed E-state index contributed by atoms with van der Waals surface area (Å²) in [5, 5.41) is 3.31. The van der Waals surface area contributed by atoms with Crippen LogP contribution in [0.15, 0.2) is 11.6 Å². The zero-order chi connectivity index (χ0) is 11.8. The maximum absolute atomic E-state index is 11.6. The van der Waals surface area contributed by atoms with Gasteiger partial charge in [0.2, 0.25) is 0 Å². The van der Waals surface area contributed by atoms with Crippen LogP contribution in [-0.4, -0.2) is 56.5 Å². The summed E-state index contributed by atoms with van der Waals surface area (Å²) in [5.41, 5.74) is 1.29. The highest BCUT2D eigenvalue weighted by atomic mass is 32.2. The number of hydrogen-bond acceptors (Lipinski definition) is 4. The van der Waals surface area contributed by atoms with Gasteiger partial charge in [0, 0.05) is 31.7 Å². The molecular weight excluding hydrogens is 224 g/mol. The van der Waals surface area contributed by atoms with Crippen LogP contribution < -0.4 is 5.32 Å². The van der Waals surface area contributed by atoms with Crippen molar-refractivity contribution in [2.45, 2.75) is 25.9 Å². The molecule has 16 heavy (non-hydrogen) atoms. The van der Waals surface area contributed by atoms with Gasteiger partial charge >= 0.3 is 0 Å². The fourth-order valence-corrected chi connectivity index (χ4v) is 4.46. The summed E-state index contributed by atoms with van der Waals surface area (Å²) in [7, 11) is -2.83. The molecule has 2 fully saturated rings. The zero-order valence-electron chi connectivity index (χ0n) is 9.94. The van der Waals surface area contributed by atoms with Crippen LogP contribution in [-0.2, 0) is 9.84 Å². The Morgan fingerprint density at radius 1 is 1.44 bits per heavy atom. The van der Waals surface area contributed by atoms with Crippen LogP contribution in [0.1, 0.15) is 13.8 Å². The molecule has 0 unspecified atom stereocenters. The van der Waals surface area contributed by atoms with E-state index in [-0.39, 0.29) is 12.1 Å². The van der Waals surface area contributed by atoms with E-state index in [1.807, 2.05) is 0 Å². The molecule has 2 saturated heterocycles. The van der Waals surface area contributed by atoms with Crippen molar-refractivity contribution in [1.82, 2.24) is 10.2 Å². The predicted octanol–water partition coefficient (Wildman–Crippen LogP) is 0.0234. The van der Waals surface area contributed by atoms with E-state index in [2.05, 4.69) is 30.1 Å². The molecule has 2 atom stereocenters. The van der Waals surface area contributed by atoms with E-state index in [0.717, 1.165) is 19.6 Å². The average Bonchev–Trinajstić information content (AvgIpc) is 2.48. The Kier molecular flexibility index (Phi) is 3.37. The summed E-state index contributed by atoms with van der Waals surface area (Å²) in [4.78, 5) is 2.29. The highest BCUT2D eigenvalue weighted by molar-refractivity contribution is 7.91. The molecule has 2 aliphatic rings. The number of nitrogens with one attached hydrogen (secondary N) is 1. The smallest absolute Gasteiger partial charge is 0.153 e. The van der Waals surface area contributed by atoms with Crippen molar-refractivity contribution in [3.63, 3.8) is 0 Å². The number of rotatable bonds is 2. The minimum atomic E-state index is -2.83. The molecule has 5 heteroatoms. The van der Waals surface area contributed by atoms with Gasteiger partial charge in [0.05, 0.1) is 11.5 Å². The van der Waals surface area contributed by atoms with Gasteiger partial charge in [-0.05, 0) is 13.8 Å². The molecule has 0 bridgehead atoms. The summed E-state index contributed by atoms with van der Waals surface area (Å²) in [5.74, 6) is 0.629. The van der Waals surface area contributed by atoms with Crippen molar-refractivity contribution in [3.05, 3.63) is 11.6 Å². The summed E-state index contributed by atoms with van der Waals surface area (Å²) in [6, 6.07) is 0.318. The third-order valence-corrected chi connectivity index (χ3v) is 5.05. The Morgan fingerprint density at radius 3 is 2.88 bits per heavy atom. The lowest BCUT2D eigenvalue weighted by molar-refractivity contribution is 0.165. The first-order valence-electron chi connectivity index (χ1n) is 5.79. The summed E-state index contributed by atoms with van der Waals surface area (Å²) < 4.78 is 23.2. The van der Waals surface area contributed by atoms with E-state index < -0.39 is 9.84 Å². The first-order valence-corrected chi connectivity index (χ1v) is 7.61. The number of sulfone groups is 1. The quantitative estimate of drug-likeness (QED) is 0.696. The summed E-state index contributed by atoms with van der Waals surface area (Å²) >= 11 is 0. The number of nitrogens with zero attached hydrogens (tertiary/aromatic N) is 1. The van der Waals surface area contributed by atoms with E-state index >= 15 is 0 Å². The van der Waals surface area contributed by atoms with Crippen molar-refractivity contribution in [3.8, 4) is 0 Å². The molecule has 0 amide bonds. The van der Waals surface area contributed by atoms with Crippen LogP contribution in [0.3, 0.4) is 0 Å². The van der Waals surface area contributed by atoms with Gasteiger partial charge in [-0.15, -0.1) is 0 Å². The third-order valence-electron chi connectivity index (χ3n) is 3.33. The zero-order valence-corrected chi connectivity index (χ0v) is 10.8. The summed E-state index contributed by atoms with van der Waals surface area (Å²) in [6.45, 7) is 6.87. The molecule has 2 heterocycles. The molecule has 1 N–H and O–H groups in total. The van der Waals surface area contributed by atoms with Gasteiger partial charge in [-0.2, -0.15) is 0 Å². The third kappa shape index (κ3) is 2.64. The Hall–Kier alpha value is -0.390. The monoisotopic (exact) mass is 244 g/mol. The Balaban J connectivity index is 2.07. The van der Waals surface area contributed by atoms with Gasteiger partial charge in [0.25, 0.3) is 0 Å². The molecule has 2 aliphatic heterocycles. The molecule has 0 aromatic heterocycles. The minimum Gasteiger partial charge on any atom is -0.310 e. The SMILES string of the molecule is CC(C)=CCN1CCN[C@@H]2CS(=O)(=O)C[C@@H]21. The Morgan fingerprint density at radius 2 is 2.19 bits per heavy atom. The minimum absolute atomic E-state index is 0.143. The Labute approximate surface area is 97.6 Å². The van der Waals surface area contributed by atoms with Crippen LogP contribution in [0, 0.1) is 0 Å². The molecule has 0 saturated carbocycles. The van der Waals surface area contributed by atoms with Crippen LogP contribution in [0.25, 0.3) is 0 Å². The molecule has 0 aromatic rings. The van der Waals surface area contributed by atoms with E-state index in [9.17, 15) is 8.42 Å². The number of hydrogen-bond donors (Lipinski definition) is 1. The second-order valence-corrected chi connectivity index (χ2v) is 7.14. The standard InChI is InChI=1S/C11H20N2O2S/c1-9(2)3-5-13-6-4-12-10-7-16(14,15)8-11(10)13/h3,10-12H,4-8H2,1-2H3/t10-,11+/m1/s1. The van der Waals surface area contributed by atoms with Gasteiger partial charge in [0.1, 0.15) is 0 Å². The fourth-order valence-electron chi connectivity index (χ4n) is 2.47. The number of fused-ring (bicyclic) bond motifs is 1. The van der Waals surface area contributed by atoms with Gasteiger partial charge in [0.15, 0.2) is 9.84 Å². The second kappa shape index (κ2) is 4.47. The lowest BCUT2D eigenvalue weighted by Gasteiger charge is -2.36. The van der Waals surface area contributed by atoms with Gasteiger partial charge < -0.3 is 5.32 Å². The first-order chi connectivity index (χ1) is 7.48. The first kappa shape index (κ1) is 12.1. The maximum Gasteiger partial charge on any atom is 0.153 e. The van der Waals surface area contributed by atoms with Crippen LogP contribution in [0.5, 0.6) is 0 Å². The van der Waals surface area contributed by atoms with Crippen molar-refractivity contribution in [2.75, 3.05) is 31.1 Å². The molecule has 0 aromatic carbocycles. The lowest BCUT2D eigenvalue weighted by atomic mass is 10.1. The van der Waals surface area contributed by atoms with E-state index in [1.54, 1.807) is 0 Å². The highest BCUT2D eigenvalue weighted by Gasteiger charge is 2.42. The molecular formula is C11H20N2O2S. The van der Waals surface area contributed by atoms with Crippen LogP contribution in [0.2, 0.25) is 0 Å². The topological polar surface area (TPSA) is 49.4 Å². The molecule has 0 spiro atoms. The van der Waals surface area contributed by atoms with Crippen LogP contribution >= 0.6 is 0 Å². The highest BCUT2D eigenvalue weighted by Crippen LogP contribution is 2.21. The van der Waals surface area contributed by atoms with Crippen molar-refractivity contribution in [1.29, 1.82) is 0 Å². The molecule has 0 radical (unpaired) electrons. The van der Waals surface area contributed by atoms with Gasteiger partial charge in [-0.3, -0.25) is 4.90 Å². The van der Waals surface area contributed by atoms with E-state index in [4.69, 9.17) is 0 Å². The van der Waals surface area contributed by atoms with E-state index in [0.29, 0.717) is 11.5 Å². The van der Waals surface area contributed by atoms with E-state index in [1.165, 1.54) is 5.57 Å². The van der Waals surface area contributed by atoms with Crippen LogP contribution in [0.4, 0.5) is 0 Å². The van der Waals surface area contributed by atoms with Gasteiger partial charge in [-0.1, -0.05) is 11.6 Å². The average molecular weight is 244 g/mol. The number of piperazine rings is 1.